The molecule has 192 valence electrons. The van der Waals surface area contributed by atoms with Crippen LogP contribution in [0.3, 0.4) is 0 Å². The van der Waals surface area contributed by atoms with E-state index in [1.165, 1.54) is 5.56 Å². The van der Waals surface area contributed by atoms with Crippen LogP contribution in [-0.4, -0.2) is 29.8 Å². The summed E-state index contributed by atoms with van der Waals surface area (Å²) in [5.74, 6) is -1.19. The fourth-order valence-corrected chi connectivity index (χ4v) is 5.20. The number of nitrogens with one attached hydrogen (secondary N) is 1. The van der Waals surface area contributed by atoms with Gasteiger partial charge in [0, 0.05) is 12.3 Å². The third kappa shape index (κ3) is 5.47. The van der Waals surface area contributed by atoms with Crippen molar-refractivity contribution >= 4 is 12.1 Å². The molecule has 1 aliphatic rings. The normalized spacial score (nSPS) is 12.9. The minimum atomic E-state index is -1.10. The van der Waals surface area contributed by atoms with Crippen molar-refractivity contribution in [2.75, 3.05) is 6.61 Å². The lowest BCUT2D eigenvalue weighted by molar-refractivity contribution is -0.139. The zero-order valence-corrected chi connectivity index (χ0v) is 21.4. The van der Waals surface area contributed by atoms with Gasteiger partial charge >= 0.3 is 12.1 Å². The molecule has 0 heterocycles. The Balaban J connectivity index is 1.21. The van der Waals surface area contributed by atoms with Crippen LogP contribution < -0.4 is 5.32 Å². The monoisotopic (exact) mass is 505 g/mol. The Morgan fingerprint density at radius 1 is 0.789 bits per heavy atom. The molecule has 0 aromatic heterocycles. The number of amides is 1. The standard InChI is InChI=1S/C33H31NO4/c1-2-7-22-12-16-24(17-13-22)25-18-14-23(15-19-25)20-31(32(35)36)34-33(37)38-21-30-28-10-5-3-8-26(28)27-9-4-6-11-29(27)30/h3-6,8-19,30-31H,2,7,20-21H2,1H3,(H,34,37)(H,35,36). The van der Waals surface area contributed by atoms with Crippen molar-refractivity contribution in [1.29, 1.82) is 0 Å². The molecule has 5 rings (SSSR count). The summed E-state index contributed by atoms with van der Waals surface area (Å²) in [5.41, 5.74) is 8.81. The highest BCUT2D eigenvalue weighted by Gasteiger charge is 2.29. The minimum Gasteiger partial charge on any atom is -0.480 e. The van der Waals surface area contributed by atoms with Gasteiger partial charge in [0.2, 0.25) is 0 Å². The molecule has 2 N–H and O–H groups in total. The van der Waals surface area contributed by atoms with E-state index >= 15 is 0 Å². The van der Waals surface area contributed by atoms with E-state index in [0.717, 1.165) is 51.8 Å². The zero-order chi connectivity index (χ0) is 26.5. The summed E-state index contributed by atoms with van der Waals surface area (Å²) in [6.07, 6.45) is 1.60. The predicted molar refractivity (Wildman–Crippen MR) is 149 cm³/mol. The van der Waals surface area contributed by atoms with E-state index in [4.69, 9.17) is 4.74 Å². The summed E-state index contributed by atoms with van der Waals surface area (Å²) in [6, 6.07) is 31.4. The summed E-state index contributed by atoms with van der Waals surface area (Å²) in [6.45, 7) is 2.30. The van der Waals surface area contributed by atoms with Gasteiger partial charge in [0.15, 0.2) is 0 Å². The van der Waals surface area contributed by atoms with Crippen LogP contribution in [0.2, 0.25) is 0 Å². The molecule has 0 aliphatic heterocycles. The van der Waals surface area contributed by atoms with Crippen molar-refractivity contribution in [2.45, 2.75) is 38.1 Å². The second kappa shape index (κ2) is 11.3. The predicted octanol–water partition coefficient (Wildman–Crippen LogP) is 6.84. The summed E-state index contributed by atoms with van der Waals surface area (Å²) in [7, 11) is 0. The summed E-state index contributed by atoms with van der Waals surface area (Å²) in [4.78, 5) is 24.6. The molecular weight excluding hydrogens is 474 g/mol. The number of aliphatic carboxylic acids is 1. The van der Waals surface area contributed by atoms with E-state index in [2.05, 4.69) is 48.6 Å². The van der Waals surface area contributed by atoms with E-state index in [1.807, 2.05) is 60.7 Å². The van der Waals surface area contributed by atoms with Crippen LogP contribution in [0.15, 0.2) is 97.1 Å². The number of carbonyl (C=O) groups excluding carboxylic acids is 1. The van der Waals surface area contributed by atoms with Gasteiger partial charge < -0.3 is 15.2 Å². The molecule has 1 unspecified atom stereocenters. The number of aryl methyl sites for hydroxylation is 1. The van der Waals surface area contributed by atoms with Crippen LogP contribution in [0.5, 0.6) is 0 Å². The van der Waals surface area contributed by atoms with Crippen molar-refractivity contribution in [2.24, 2.45) is 0 Å². The average molecular weight is 506 g/mol. The lowest BCUT2D eigenvalue weighted by atomic mass is 9.98. The van der Waals surface area contributed by atoms with E-state index in [0.29, 0.717) is 0 Å². The first kappa shape index (κ1) is 25.3. The van der Waals surface area contributed by atoms with Crippen LogP contribution in [0, 0.1) is 0 Å². The smallest absolute Gasteiger partial charge is 0.407 e. The Labute approximate surface area is 223 Å². The maximum Gasteiger partial charge on any atom is 0.407 e. The van der Waals surface area contributed by atoms with Crippen LogP contribution in [-0.2, 0) is 22.4 Å². The number of carbonyl (C=O) groups is 2. The largest absolute Gasteiger partial charge is 0.480 e. The lowest BCUT2D eigenvalue weighted by Crippen LogP contribution is -2.42. The van der Waals surface area contributed by atoms with Crippen LogP contribution in [0.25, 0.3) is 22.3 Å². The first-order valence-corrected chi connectivity index (χ1v) is 13.1. The van der Waals surface area contributed by atoms with Gasteiger partial charge in [0.25, 0.3) is 0 Å². The molecule has 0 radical (unpaired) electrons. The van der Waals surface area contributed by atoms with E-state index in [-0.39, 0.29) is 18.9 Å². The minimum absolute atomic E-state index is 0.0833. The van der Waals surface area contributed by atoms with Gasteiger partial charge in [0.1, 0.15) is 12.6 Å². The molecule has 0 bridgehead atoms. The molecule has 5 nitrogen and oxygen atoms in total. The van der Waals surface area contributed by atoms with E-state index in [9.17, 15) is 14.7 Å². The summed E-state index contributed by atoms with van der Waals surface area (Å²) < 4.78 is 5.55. The van der Waals surface area contributed by atoms with Gasteiger partial charge in [-0.25, -0.2) is 9.59 Å². The molecule has 38 heavy (non-hydrogen) atoms. The van der Waals surface area contributed by atoms with Gasteiger partial charge in [-0.15, -0.1) is 0 Å². The van der Waals surface area contributed by atoms with Gasteiger partial charge in [-0.2, -0.15) is 0 Å². The molecule has 1 aliphatic carbocycles. The molecule has 1 amide bonds. The molecule has 5 heteroatoms. The zero-order valence-electron chi connectivity index (χ0n) is 21.4. The Kier molecular flexibility index (Phi) is 7.55. The Morgan fingerprint density at radius 3 is 1.84 bits per heavy atom. The summed E-state index contributed by atoms with van der Waals surface area (Å²) >= 11 is 0. The lowest BCUT2D eigenvalue weighted by Gasteiger charge is -2.17. The van der Waals surface area contributed by atoms with E-state index < -0.39 is 18.1 Å². The van der Waals surface area contributed by atoms with E-state index in [1.54, 1.807) is 0 Å². The molecule has 0 saturated heterocycles. The topological polar surface area (TPSA) is 75.6 Å². The number of rotatable bonds is 9. The third-order valence-corrected chi connectivity index (χ3v) is 7.15. The van der Waals surface area contributed by atoms with Gasteiger partial charge in [-0.1, -0.05) is 110 Å². The Bertz CT molecular complexity index is 1380. The number of benzene rings is 4. The SMILES string of the molecule is CCCc1ccc(-c2ccc(CC(NC(=O)OCC3c4ccccc4-c4ccccc43)C(=O)O)cc2)cc1. The van der Waals surface area contributed by atoms with Crippen LogP contribution >= 0.6 is 0 Å². The highest BCUT2D eigenvalue weighted by atomic mass is 16.5. The first-order valence-electron chi connectivity index (χ1n) is 13.1. The molecule has 4 aromatic carbocycles. The van der Waals surface area contributed by atoms with Crippen molar-refractivity contribution in [3.8, 4) is 22.3 Å². The molecule has 0 saturated carbocycles. The number of carboxylic acid groups (broad SMARTS) is 1. The number of fused-ring (bicyclic) bond motifs is 3. The summed E-state index contributed by atoms with van der Waals surface area (Å²) in [5, 5.41) is 12.3. The number of alkyl carbamates (subject to hydrolysis) is 1. The van der Waals surface area contributed by atoms with Gasteiger partial charge in [-0.05, 0) is 50.9 Å². The number of ether oxygens (including phenoxy) is 1. The average Bonchev–Trinajstić information content (AvgIpc) is 3.26. The molecule has 0 fully saturated rings. The van der Waals surface area contributed by atoms with Gasteiger partial charge in [-0.3, -0.25) is 0 Å². The fourth-order valence-electron chi connectivity index (χ4n) is 5.20. The molecule has 4 aromatic rings. The number of hydrogen-bond acceptors (Lipinski definition) is 3. The number of hydrogen-bond donors (Lipinski definition) is 2. The molecule has 1 atom stereocenters. The maximum atomic E-state index is 12.6. The quantitative estimate of drug-likeness (QED) is 0.261. The van der Waals surface area contributed by atoms with Crippen molar-refractivity contribution < 1.29 is 19.4 Å². The Morgan fingerprint density at radius 2 is 1.32 bits per heavy atom. The molecule has 0 spiro atoms. The Hall–Kier alpha value is -4.38. The van der Waals surface area contributed by atoms with Crippen molar-refractivity contribution in [3.05, 3.63) is 119 Å². The van der Waals surface area contributed by atoms with Gasteiger partial charge in [0.05, 0.1) is 0 Å². The van der Waals surface area contributed by atoms with Crippen molar-refractivity contribution in [1.82, 2.24) is 5.32 Å². The van der Waals surface area contributed by atoms with Crippen LogP contribution in [0.1, 0.15) is 41.5 Å². The third-order valence-electron chi connectivity index (χ3n) is 7.15. The van der Waals surface area contributed by atoms with Crippen LogP contribution in [0.4, 0.5) is 4.79 Å². The number of carboxylic acids is 1. The fraction of sp³-hybridized carbons (Fsp3) is 0.212. The first-order chi connectivity index (χ1) is 18.5. The highest BCUT2D eigenvalue weighted by Crippen LogP contribution is 2.44. The second-order valence-electron chi connectivity index (χ2n) is 9.71. The second-order valence-corrected chi connectivity index (χ2v) is 9.71. The highest BCUT2D eigenvalue weighted by molar-refractivity contribution is 5.81. The maximum absolute atomic E-state index is 12.6. The van der Waals surface area contributed by atoms with Crippen molar-refractivity contribution in [3.63, 3.8) is 0 Å². The molecular formula is C33H31NO4.